The number of halogens is 1. The van der Waals surface area contributed by atoms with E-state index in [1.165, 1.54) is 13.1 Å². The highest BCUT2D eigenvalue weighted by Crippen LogP contribution is 2.29. The van der Waals surface area contributed by atoms with Crippen LogP contribution in [0.15, 0.2) is 34.8 Å². The number of fused-ring (bicyclic) bond motifs is 1. The number of hydrogen-bond acceptors (Lipinski definition) is 2. The Balaban J connectivity index is 2.92. The molecule has 5 heteroatoms. The number of carbonyl (C=O) groups excluding carboxylic acids is 1. The monoisotopic (exact) mass is 307 g/mol. The number of amides is 1. The van der Waals surface area contributed by atoms with Crippen molar-refractivity contribution in [3.05, 3.63) is 45.9 Å². The first-order valence-electron chi connectivity index (χ1n) is 5.23. The molecule has 0 fully saturated rings. The number of carboxylic acids is 1. The Kier molecular flexibility index (Phi) is 3.34. The fourth-order valence-corrected chi connectivity index (χ4v) is 2.34. The summed E-state index contributed by atoms with van der Waals surface area (Å²) < 4.78 is 0.758. The van der Waals surface area contributed by atoms with E-state index in [2.05, 4.69) is 21.2 Å². The van der Waals surface area contributed by atoms with Crippen LogP contribution in [0.4, 0.5) is 0 Å². The van der Waals surface area contributed by atoms with Crippen LogP contribution in [0.5, 0.6) is 0 Å². The molecule has 0 saturated heterocycles. The number of benzene rings is 2. The van der Waals surface area contributed by atoms with E-state index in [1.807, 2.05) is 0 Å². The van der Waals surface area contributed by atoms with Crippen molar-refractivity contribution in [3.8, 4) is 0 Å². The van der Waals surface area contributed by atoms with Crippen molar-refractivity contribution < 1.29 is 14.7 Å². The van der Waals surface area contributed by atoms with E-state index in [4.69, 9.17) is 0 Å². The summed E-state index contributed by atoms with van der Waals surface area (Å²) in [6.07, 6.45) is 0. The molecule has 2 aromatic rings. The molecule has 92 valence electrons. The van der Waals surface area contributed by atoms with Gasteiger partial charge in [-0.3, -0.25) is 4.79 Å². The van der Waals surface area contributed by atoms with E-state index >= 15 is 0 Å². The lowest BCUT2D eigenvalue weighted by Crippen LogP contribution is -2.19. The third-order valence-corrected chi connectivity index (χ3v) is 3.38. The molecule has 1 amide bonds. The maximum absolute atomic E-state index is 11.8. The van der Waals surface area contributed by atoms with E-state index in [0.29, 0.717) is 16.3 Å². The van der Waals surface area contributed by atoms with Crippen LogP contribution < -0.4 is 5.32 Å². The lowest BCUT2D eigenvalue weighted by atomic mass is 9.99. The predicted octanol–water partition coefficient (Wildman–Crippen LogP) is 2.66. The van der Waals surface area contributed by atoms with Gasteiger partial charge in [-0.15, -0.1) is 0 Å². The van der Waals surface area contributed by atoms with Crippen LogP contribution in [0, 0.1) is 0 Å². The van der Waals surface area contributed by atoms with Crippen LogP contribution in [0.2, 0.25) is 0 Å². The molecule has 0 bridgehead atoms. The molecular weight excluding hydrogens is 298 g/mol. The van der Waals surface area contributed by atoms with Crippen molar-refractivity contribution in [2.45, 2.75) is 0 Å². The van der Waals surface area contributed by atoms with Crippen molar-refractivity contribution in [1.29, 1.82) is 0 Å². The van der Waals surface area contributed by atoms with Gasteiger partial charge >= 0.3 is 5.97 Å². The van der Waals surface area contributed by atoms with Crippen LogP contribution in [-0.4, -0.2) is 24.0 Å². The van der Waals surface area contributed by atoms with Gasteiger partial charge in [0.1, 0.15) is 0 Å². The van der Waals surface area contributed by atoms with Gasteiger partial charge in [0.25, 0.3) is 5.91 Å². The minimum absolute atomic E-state index is 0.118. The largest absolute Gasteiger partial charge is 0.478 e. The van der Waals surface area contributed by atoms with Crippen molar-refractivity contribution in [2.24, 2.45) is 0 Å². The number of nitrogens with one attached hydrogen (secondary N) is 1. The molecule has 0 unspecified atom stereocenters. The average Bonchev–Trinajstić information content (AvgIpc) is 2.37. The molecule has 0 aliphatic heterocycles. The summed E-state index contributed by atoms with van der Waals surface area (Å²) in [5.41, 5.74) is 0.473. The van der Waals surface area contributed by atoms with Gasteiger partial charge in [-0.2, -0.15) is 0 Å². The van der Waals surface area contributed by atoms with E-state index < -0.39 is 5.97 Å². The highest BCUT2D eigenvalue weighted by atomic mass is 79.9. The summed E-state index contributed by atoms with van der Waals surface area (Å²) in [7, 11) is 1.51. The maximum Gasteiger partial charge on any atom is 0.336 e. The summed E-state index contributed by atoms with van der Waals surface area (Å²) >= 11 is 3.36. The van der Waals surface area contributed by atoms with E-state index in [9.17, 15) is 14.7 Å². The standard InChI is InChI=1S/C13H10BrNO3/c1-15-12(16)8-5-6-10(14)7-3-2-4-9(11(7)8)13(17)18/h2-6H,1H3,(H,15,16)(H,17,18). The Hall–Kier alpha value is -1.88. The number of aromatic carboxylic acids is 1. The zero-order valence-electron chi connectivity index (χ0n) is 9.53. The topological polar surface area (TPSA) is 66.4 Å². The second-order valence-corrected chi connectivity index (χ2v) is 4.56. The molecule has 2 aromatic carbocycles. The SMILES string of the molecule is CNC(=O)c1ccc(Br)c2cccc(C(=O)O)c12. The van der Waals surface area contributed by atoms with E-state index in [1.54, 1.807) is 24.3 Å². The molecular formula is C13H10BrNO3. The summed E-state index contributed by atoms with van der Waals surface area (Å²) in [6, 6.07) is 8.27. The Morgan fingerprint density at radius 3 is 2.50 bits per heavy atom. The van der Waals surface area contributed by atoms with Crippen LogP contribution >= 0.6 is 15.9 Å². The lowest BCUT2D eigenvalue weighted by molar-refractivity contribution is 0.0699. The smallest absolute Gasteiger partial charge is 0.336 e. The predicted molar refractivity (Wildman–Crippen MR) is 72.0 cm³/mol. The molecule has 0 spiro atoms. The first-order chi connectivity index (χ1) is 8.56. The van der Waals surface area contributed by atoms with Gasteiger partial charge in [0.05, 0.1) is 5.56 Å². The van der Waals surface area contributed by atoms with Crippen LogP contribution in [0.3, 0.4) is 0 Å². The summed E-state index contributed by atoms with van der Waals surface area (Å²) in [6.45, 7) is 0. The van der Waals surface area contributed by atoms with Gasteiger partial charge < -0.3 is 10.4 Å². The Morgan fingerprint density at radius 1 is 1.17 bits per heavy atom. The lowest BCUT2D eigenvalue weighted by Gasteiger charge is -2.09. The molecule has 2 rings (SSSR count). The molecule has 0 aromatic heterocycles. The summed E-state index contributed by atoms with van der Waals surface area (Å²) in [4.78, 5) is 23.0. The first kappa shape index (κ1) is 12.6. The molecule has 0 atom stereocenters. The van der Waals surface area contributed by atoms with Crippen LogP contribution in [0.1, 0.15) is 20.7 Å². The maximum atomic E-state index is 11.8. The van der Waals surface area contributed by atoms with Crippen LogP contribution in [0.25, 0.3) is 10.8 Å². The Labute approximate surface area is 112 Å². The second-order valence-electron chi connectivity index (χ2n) is 3.71. The molecule has 4 nitrogen and oxygen atoms in total. The van der Waals surface area contributed by atoms with Gasteiger partial charge in [-0.25, -0.2) is 4.79 Å². The third-order valence-electron chi connectivity index (χ3n) is 2.69. The molecule has 0 saturated carbocycles. The average molecular weight is 308 g/mol. The fraction of sp³-hybridized carbons (Fsp3) is 0.0769. The van der Waals surface area contributed by atoms with E-state index in [-0.39, 0.29) is 11.5 Å². The highest BCUT2D eigenvalue weighted by molar-refractivity contribution is 9.10. The minimum Gasteiger partial charge on any atom is -0.478 e. The number of rotatable bonds is 2. The summed E-state index contributed by atoms with van der Waals surface area (Å²) in [5.74, 6) is -1.36. The molecule has 2 N–H and O–H groups in total. The van der Waals surface area contributed by atoms with E-state index in [0.717, 1.165) is 4.47 Å². The highest BCUT2D eigenvalue weighted by Gasteiger charge is 2.17. The van der Waals surface area contributed by atoms with Gasteiger partial charge in [-0.1, -0.05) is 28.1 Å². The molecule has 0 radical (unpaired) electrons. The van der Waals surface area contributed by atoms with Crippen molar-refractivity contribution in [3.63, 3.8) is 0 Å². The molecule has 0 aliphatic carbocycles. The van der Waals surface area contributed by atoms with Gasteiger partial charge in [0.15, 0.2) is 0 Å². The Bertz CT molecular complexity index is 652. The van der Waals surface area contributed by atoms with Crippen LogP contribution in [-0.2, 0) is 0 Å². The summed E-state index contributed by atoms with van der Waals surface area (Å²) in [5, 5.41) is 12.9. The molecule has 0 aliphatic rings. The first-order valence-corrected chi connectivity index (χ1v) is 6.02. The van der Waals surface area contributed by atoms with Crippen molar-refractivity contribution in [1.82, 2.24) is 5.32 Å². The quantitative estimate of drug-likeness (QED) is 0.896. The number of carboxylic acid groups (broad SMARTS) is 1. The molecule has 0 heterocycles. The number of carbonyl (C=O) groups is 2. The zero-order chi connectivity index (χ0) is 13.3. The molecule has 18 heavy (non-hydrogen) atoms. The fourth-order valence-electron chi connectivity index (χ4n) is 1.87. The zero-order valence-corrected chi connectivity index (χ0v) is 11.1. The van der Waals surface area contributed by atoms with Gasteiger partial charge in [-0.05, 0) is 23.6 Å². The second kappa shape index (κ2) is 4.78. The third kappa shape index (κ3) is 1.97. The minimum atomic E-state index is -1.05. The normalized spacial score (nSPS) is 10.3. The van der Waals surface area contributed by atoms with Gasteiger partial charge in [0, 0.05) is 22.5 Å². The Morgan fingerprint density at radius 2 is 1.89 bits per heavy atom. The van der Waals surface area contributed by atoms with Crippen molar-refractivity contribution in [2.75, 3.05) is 7.05 Å². The van der Waals surface area contributed by atoms with Crippen molar-refractivity contribution >= 4 is 38.6 Å². The van der Waals surface area contributed by atoms with Gasteiger partial charge in [0.2, 0.25) is 0 Å². The number of hydrogen-bond donors (Lipinski definition) is 2.